The number of rotatable bonds is 4. The quantitative estimate of drug-likeness (QED) is 0.906. The Hall–Kier alpha value is -1.55. The van der Waals surface area contributed by atoms with Crippen molar-refractivity contribution in [3.8, 4) is 0 Å². The van der Waals surface area contributed by atoms with Crippen molar-refractivity contribution in [2.45, 2.75) is 39.7 Å². The molecule has 3 nitrogen and oxygen atoms in total. The molecule has 0 radical (unpaired) electrons. The first-order valence-corrected chi connectivity index (χ1v) is 8.12. The predicted octanol–water partition coefficient (Wildman–Crippen LogP) is 4.43. The fourth-order valence-electron chi connectivity index (χ4n) is 2.04. The Morgan fingerprint density at radius 2 is 1.95 bits per heavy atom. The van der Waals surface area contributed by atoms with Crippen LogP contribution >= 0.6 is 11.3 Å². The zero-order valence-electron chi connectivity index (χ0n) is 13.8. The highest BCUT2D eigenvalue weighted by Gasteiger charge is 2.17. The molecule has 0 atom stereocenters. The Bertz CT molecular complexity index is 609. The first-order valence-electron chi connectivity index (χ1n) is 7.24. The lowest BCUT2D eigenvalue weighted by molar-refractivity contribution is 0.583. The molecular formula is C17H25N3S. The largest absolute Gasteiger partial charge is 0.379 e. The summed E-state index contributed by atoms with van der Waals surface area (Å²) in [7, 11) is 4.12. The maximum absolute atomic E-state index is 4.72. The summed E-state index contributed by atoms with van der Waals surface area (Å²) < 4.78 is 0. The first kappa shape index (κ1) is 15.8. The van der Waals surface area contributed by atoms with Crippen LogP contribution in [0, 0.1) is 6.92 Å². The van der Waals surface area contributed by atoms with Gasteiger partial charge in [-0.15, -0.1) is 11.3 Å². The summed E-state index contributed by atoms with van der Waals surface area (Å²) in [6.45, 7) is 9.51. The molecule has 0 amide bonds. The lowest BCUT2D eigenvalue weighted by Gasteiger charge is -2.16. The fraction of sp³-hybridized carbons (Fsp3) is 0.471. The van der Waals surface area contributed by atoms with Crippen LogP contribution in [0.2, 0.25) is 0 Å². The number of hydrogen-bond acceptors (Lipinski definition) is 4. The van der Waals surface area contributed by atoms with Crippen LogP contribution in [-0.4, -0.2) is 19.1 Å². The number of hydrogen-bond donors (Lipinski definition) is 1. The highest BCUT2D eigenvalue weighted by Crippen LogP contribution is 2.26. The minimum Gasteiger partial charge on any atom is -0.379 e. The van der Waals surface area contributed by atoms with E-state index in [1.807, 2.05) is 0 Å². The lowest BCUT2D eigenvalue weighted by atomic mass is 9.98. The number of nitrogens with one attached hydrogen (secondary N) is 1. The molecule has 1 aromatic carbocycles. The monoisotopic (exact) mass is 303 g/mol. The minimum absolute atomic E-state index is 0.131. The van der Waals surface area contributed by atoms with E-state index in [1.54, 1.807) is 11.3 Å². The lowest BCUT2D eigenvalue weighted by Crippen LogP contribution is -2.11. The fourth-order valence-corrected chi connectivity index (χ4v) is 2.95. The molecular weight excluding hydrogens is 278 g/mol. The maximum Gasteiger partial charge on any atom is 0.0982 e. The van der Waals surface area contributed by atoms with E-state index >= 15 is 0 Å². The molecule has 21 heavy (non-hydrogen) atoms. The summed E-state index contributed by atoms with van der Waals surface area (Å²) in [4.78, 5) is 6.84. The van der Waals surface area contributed by atoms with Crippen LogP contribution in [0.25, 0.3) is 0 Å². The van der Waals surface area contributed by atoms with Crippen LogP contribution < -0.4 is 10.2 Å². The summed E-state index contributed by atoms with van der Waals surface area (Å²) in [5.41, 5.74) is 4.90. The normalized spacial score (nSPS) is 11.5. The van der Waals surface area contributed by atoms with Gasteiger partial charge in [0.05, 0.1) is 17.2 Å². The molecule has 2 rings (SSSR count). The predicted molar refractivity (Wildman–Crippen MR) is 93.6 cm³/mol. The standard InChI is InChI=1S/C17H25N3S/c1-12-9-14(20(5)6)7-8-15(12)18-10-13-11-21-16(19-13)17(2,3)4/h7-9,11,18H,10H2,1-6H3. The van der Waals surface area contributed by atoms with Crippen molar-refractivity contribution >= 4 is 22.7 Å². The third kappa shape index (κ3) is 3.97. The van der Waals surface area contributed by atoms with Gasteiger partial charge in [-0.25, -0.2) is 4.98 Å². The third-order valence-electron chi connectivity index (χ3n) is 3.38. The van der Waals surface area contributed by atoms with Crippen LogP contribution in [0.4, 0.5) is 11.4 Å². The van der Waals surface area contributed by atoms with Crippen molar-refractivity contribution in [1.82, 2.24) is 4.98 Å². The molecule has 1 aromatic heterocycles. The minimum atomic E-state index is 0.131. The van der Waals surface area contributed by atoms with E-state index in [2.05, 4.69) is 75.6 Å². The van der Waals surface area contributed by atoms with E-state index in [1.165, 1.54) is 21.9 Å². The van der Waals surface area contributed by atoms with E-state index in [-0.39, 0.29) is 5.41 Å². The van der Waals surface area contributed by atoms with Gasteiger partial charge in [-0.05, 0) is 30.7 Å². The number of thiazole rings is 1. The molecule has 1 N–H and O–H groups in total. The molecule has 114 valence electrons. The topological polar surface area (TPSA) is 28.2 Å². The first-order chi connectivity index (χ1) is 9.77. The van der Waals surface area contributed by atoms with E-state index in [9.17, 15) is 0 Å². The van der Waals surface area contributed by atoms with Crippen LogP contribution in [0.5, 0.6) is 0 Å². The molecule has 4 heteroatoms. The summed E-state index contributed by atoms with van der Waals surface area (Å²) in [5.74, 6) is 0. The van der Waals surface area contributed by atoms with E-state index < -0.39 is 0 Å². The molecule has 0 aliphatic rings. The molecule has 0 spiro atoms. The van der Waals surface area contributed by atoms with Gasteiger partial charge in [0.1, 0.15) is 0 Å². The van der Waals surface area contributed by atoms with Crippen LogP contribution in [-0.2, 0) is 12.0 Å². The van der Waals surface area contributed by atoms with Gasteiger partial charge in [0.15, 0.2) is 0 Å². The van der Waals surface area contributed by atoms with Crippen LogP contribution in [0.1, 0.15) is 37.0 Å². The second-order valence-electron chi connectivity index (χ2n) is 6.64. The van der Waals surface area contributed by atoms with Gasteiger partial charge in [0.25, 0.3) is 0 Å². The number of benzene rings is 1. The smallest absolute Gasteiger partial charge is 0.0982 e. The second-order valence-corrected chi connectivity index (χ2v) is 7.50. The molecule has 0 aliphatic carbocycles. The van der Waals surface area contributed by atoms with Crippen molar-refractivity contribution in [2.75, 3.05) is 24.3 Å². The zero-order valence-corrected chi connectivity index (χ0v) is 14.6. The number of nitrogens with zero attached hydrogens (tertiary/aromatic N) is 2. The van der Waals surface area contributed by atoms with Crippen molar-refractivity contribution in [3.63, 3.8) is 0 Å². The number of aryl methyl sites for hydroxylation is 1. The Labute approximate surface area is 132 Å². The van der Waals surface area contributed by atoms with Crippen LogP contribution in [0.3, 0.4) is 0 Å². The Morgan fingerprint density at radius 3 is 2.48 bits per heavy atom. The molecule has 2 aromatic rings. The average Bonchev–Trinajstić information content (AvgIpc) is 2.85. The third-order valence-corrected chi connectivity index (χ3v) is 4.70. The summed E-state index contributed by atoms with van der Waals surface area (Å²) in [5, 5.41) is 6.83. The number of anilines is 2. The van der Waals surface area contributed by atoms with Gasteiger partial charge in [0, 0.05) is 36.3 Å². The molecule has 0 unspecified atom stereocenters. The second kappa shape index (κ2) is 6.06. The number of aromatic nitrogens is 1. The molecule has 0 saturated carbocycles. The summed E-state index contributed by atoms with van der Waals surface area (Å²) in [6, 6.07) is 6.47. The molecule has 0 fully saturated rings. The van der Waals surface area contributed by atoms with E-state index in [0.717, 1.165) is 12.2 Å². The van der Waals surface area contributed by atoms with Gasteiger partial charge >= 0.3 is 0 Å². The van der Waals surface area contributed by atoms with E-state index in [0.29, 0.717) is 0 Å². The van der Waals surface area contributed by atoms with Crippen molar-refractivity contribution < 1.29 is 0 Å². The molecule has 0 saturated heterocycles. The maximum atomic E-state index is 4.72. The SMILES string of the molecule is Cc1cc(N(C)C)ccc1NCc1csc(C(C)(C)C)n1. The van der Waals surface area contributed by atoms with Crippen molar-refractivity contribution in [1.29, 1.82) is 0 Å². The van der Waals surface area contributed by atoms with Crippen LogP contribution in [0.15, 0.2) is 23.6 Å². The van der Waals surface area contributed by atoms with Gasteiger partial charge in [0.2, 0.25) is 0 Å². The van der Waals surface area contributed by atoms with Crippen molar-refractivity contribution in [2.24, 2.45) is 0 Å². The van der Waals surface area contributed by atoms with Gasteiger partial charge in [-0.2, -0.15) is 0 Å². The van der Waals surface area contributed by atoms with Gasteiger partial charge in [-0.1, -0.05) is 20.8 Å². The Kier molecular flexibility index (Phi) is 4.57. The summed E-state index contributed by atoms with van der Waals surface area (Å²) in [6.07, 6.45) is 0. The molecule has 0 aliphatic heterocycles. The van der Waals surface area contributed by atoms with Crippen molar-refractivity contribution in [3.05, 3.63) is 39.8 Å². The van der Waals surface area contributed by atoms with Gasteiger partial charge < -0.3 is 10.2 Å². The highest BCUT2D eigenvalue weighted by molar-refractivity contribution is 7.09. The summed E-state index contributed by atoms with van der Waals surface area (Å²) >= 11 is 1.74. The van der Waals surface area contributed by atoms with E-state index in [4.69, 9.17) is 4.98 Å². The zero-order chi connectivity index (χ0) is 15.6. The van der Waals surface area contributed by atoms with Gasteiger partial charge in [-0.3, -0.25) is 0 Å². The Balaban J connectivity index is 2.05. The molecule has 1 heterocycles. The average molecular weight is 303 g/mol. The Morgan fingerprint density at radius 1 is 1.24 bits per heavy atom. The highest BCUT2D eigenvalue weighted by atomic mass is 32.1. The molecule has 0 bridgehead atoms.